The Morgan fingerprint density at radius 3 is 2.50 bits per heavy atom. The van der Waals surface area contributed by atoms with Crippen molar-refractivity contribution in [1.29, 1.82) is 0 Å². The van der Waals surface area contributed by atoms with E-state index >= 15 is 0 Å². The normalized spacial score (nSPS) is 11.7. The zero-order chi connectivity index (χ0) is 19.1. The molecule has 0 aliphatic heterocycles. The van der Waals surface area contributed by atoms with Crippen LogP contribution in [0.15, 0.2) is 42.5 Å². The second kappa shape index (κ2) is 9.33. The Balaban J connectivity index is 2.12. The molecule has 2 amide bonds. The highest BCUT2D eigenvalue weighted by molar-refractivity contribution is 7.98. The summed E-state index contributed by atoms with van der Waals surface area (Å²) in [4.78, 5) is 25.0. The van der Waals surface area contributed by atoms with Crippen molar-refractivity contribution < 1.29 is 18.4 Å². The monoisotopic (exact) mass is 378 g/mol. The van der Waals surface area contributed by atoms with Crippen molar-refractivity contribution in [2.75, 3.05) is 17.3 Å². The molecule has 0 aliphatic rings. The van der Waals surface area contributed by atoms with Crippen molar-refractivity contribution in [3.8, 4) is 0 Å². The summed E-state index contributed by atoms with van der Waals surface area (Å²) in [6.45, 7) is 1.81. The first kappa shape index (κ1) is 19.9. The Labute approximate surface area is 155 Å². The Hall–Kier alpha value is -2.41. The van der Waals surface area contributed by atoms with Crippen LogP contribution < -0.4 is 10.6 Å². The number of benzene rings is 2. The molecule has 26 heavy (non-hydrogen) atoms. The van der Waals surface area contributed by atoms with E-state index in [2.05, 4.69) is 10.6 Å². The van der Waals surface area contributed by atoms with E-state index in [0.717, 1.165) is 17.7 Å². The fraction of sp³-hybridized carbons (Fsp3) is 0.263. The molecule has 7 heteroatoms. The first-order chi connectivity index (χ1) is 12.4. The highest BCUT2D eigenvalue weighted by atomic mass is 32.2. The summed E-state index contributed by atoms with van der Waals surface area (Å²) in [6, 6.07) is 9.40. The molecule has 0 saturated carbocycles. The van der Waals surface area contributed by atoms with E-state index in [9.17, 15) is 18.4 Å². The molecule has 0 radical (unpaired) electrons. The van der Waals surface area contributed by atoms with Gasteiger partial charge < -0.3 is 10.6 Å². The van der Waals surface area contributed by atoms with Crippen LogP contribution in [0, 0.1) is 18.6 Å². The van der Waals surface area contributed by atoms with Gasteiger partial charge in [0, 0.05) is 17.3 Å². The number of hydrogen-bond donors (Lipinski definition) is 2. The molecular formula is C19H20F2N2O2S. The Kier molecular flexibility index (Phi) is 7.15. The summed E-state index contributed by atoms with van der Waals surface area (Å²) in [6.07, 6.45) is 2.31. The largest absolute Gasteiger partial charge is 0.340 e. The van der Waals surface area contributed by atoms with Gasteiger partial charge in [0.25, 0.3) is 5.91 Å². The van der Waals surface area contributed by atoms with Crippen LogP contribution >= 0.6 is 11.8 Å². The molecule has 0 unspecified atom stereocenters. The number of anilines is 1. The van der Waals surface area contributed by atoms with Gasteiger partial charge in [-0.15, -0.1) is 0 Å². The van der Waals surface area contributed by atoms with Gasteiger partial charge in [-0.05, 0) is 49.1 Å². The predicted octanol–water partition coefficient (Wildman–Crippen LogP) is 3.76. The Morgan fingerprint density at radius 2 is 1.85 bits per heavy atom. The van der Waals surface area contributed by atoms with Crippen LogP contribution in [0.25, 0.3) is 0 Å². The summed E-state index contributed by atoms with van der Waals surface area (Å²) in [5.74, 6) is -2.21. The van der Waals surface area contributed by atoms with Crippen LogP contribution in [0.5, 0.6) is 0 Å². The van der Waals surface area contributed by atoms with Crippen molar-refractivity contribution in [2.45, 2.75) is 19.4 Å². The quantitative estimate of drug-likeness (QED) is 0.771. The zero-order valence-corrected chi connectivity index (χ0v) is 15.3. The molecule has 0 bridgehead atoms. The molecule has 2 N–H and O–H groups in total. The molecule has 0 spiro atoms. The van der Waals surface area contributed by atoms with Crippen molar-refractivity contribution in [1.82, 2.24) is 5.32 Å². The molecule has 2 aromatic carbocycles. The third kappa shape index (κ3) is 5.29. The van der Waals surface area contributed by atoms with Crippen molar-refractivity contribution in [3.63, 3.8) is 0 Å². The van der Waals surface area contributed by atoms with Crippen LogP contribution in [-0.4, -0.2) is 29.9 Å². The third-order valence-electron chi connectivity index (χ3n) is 3.81. The van der Waals surface area contributed by atoms with Crippen molar-refractivity contribution >= 4 is 29.3 Å². The number of amides is 2. The number of halogens is 2. The fourth-order valence-electron chi connectivity index (χ4n) is 2.37. The number of hydrogen-bond acceptors (Lipinski definition) is 3. The molecular weight excluding hydrogens is 358 g/mol. The molecule has 0 saturated heterocycles. The topological polar surface area (TPSA) is 58.2 Å². The van der Waals surface area contributed by atoms with Gasteiger partial charge in [-0.2, -0.15) is 11.8 Å². The molecule has 1 atom stereocenters. The van der Waals surface area contributed by atoms with E-state index in [4.69, 9.17) is 0 Å². The Morgan fingerprint density at radius 1 is 1.12 bits per heavy atom. The van der Waals surface area contributed by atoms with E-state index in [1.807, 2.05) is 25.3 Å². The van der Waals surface area contributed by atoms with Gasteiger partial charge in [0.05, 0.1) is 0 Å². The maximum absolute atomic E-state index is 13.3. The van der Waals surface area contributed by atoms with Gasteiger partial charge in [-0.1, -0.05) is 18.2 Å². The standard InChI is InChI=1S/C19H20F2N2O2S/c1-12-5-3-4-6-14(12)18(24)23-17(9-10-26-2)19(25)22-13-7-8-15(20)16(21)11-13/h3-8,11,17H,9-10H2,1-2H3,(H,22,25)(H,23,24)/t17-/m0/s1. The van der Waals surface area contributed by atoms with Gasteiger partial charge in [-0.3, -0.25) is 9.59 Å². The number of carbonyl (C=O) groups is 2. The molecule has 2 aromatic rings. The maximum atomic E-state index is 13.3. The lowest BCUT2D eigenvalue weighted by Crippen LogP contribution is -2.44. The minimum Gasteiger partial charge on any atom is -0.340 e. The molecule has 138 valence electrons. The number of carbonyl (C=O) groups excluding carboxylic acids is 2. The van der Waals surface area contributed by atoms with Gasteiger partial charge in [0.15, 0.2) is 11.6 Å². The van der Waals surface area contributed by atoms with Crippen molar-refractivity contribution in [3.05, 3.63) is 65.2 Å². The minimum absolute atomic E-state index is 0.133. The van der Waals surface area contributed by atoms with Crippen LogP contribution in [0.3, 0.4) is 0 Å². The average Bonchev–Trinajstić information content (AvgIpc) is 2.61. The number of nitrogens with one attached hydrogen (secondary N) is 2. The lowest BCUT2D eigenvalue weighted by atomic mass is 10.1. The van der Waals surface area contributed by atoms with Crippen LogP contribution in [-0.2, 0) is 4.79 Å². The number of thioether (sulfide) groups is 1. The third-order valence-corrected chi connectivity index (χ3v) is 4.45. The van der Waals surface area contributed by atoms with Crippen LogP contribution in [0.1, 0.15) is 22.3 Å². The van der Waals surface area contributed by atoms with Gasteiger partial charge in [0.2, 0.25) is 5.91 Å². The molecule has 0 aliphatic carbocycles. The van der Waals surface area contributed by atoms with Gasteiger partial charge in [0.1, 0.15) is 6.04 Å². The molecule has 0 aromatic heterocycles. The van der Waals surface area contributed by atoms with Crippen LogP contribution in [0.2, 0.25) is 0 Å². The molecule has 2 rings (SSSR count). The summed E-state index contributed by atoms with van der Waals surface area (Å²) in [5, 5.41) is 5.24. The van der Waals surface area contributed by atoms with E-state index in [0.29, 0.717) is 17.7 Å². The van der Waals surface area contributed by atoms with Gasteiger partial charge >= 0.3 is 0 Å². The predicted molar refractivity (Wildman–Crippen MR) is 100 cm³/mol. The summed E-state index contributed by atoms with van der Waals surface area (Å²) < 4.78 is 26.3. The SMILES string of the molecule is CSCC[C@H](NC(=O)c1ccccc1C)C(=O)Nc1ccc(F)c(F)c1. The molecule has 0 heterocycles. The smallest absolute Gasteiger partial charge is 0.252 e. The molecule has 4 nitrogen and oxygen atoms in total. The van der Waals surface area contributed by atoms with E-state index in [1.165, 1.54) is 6.07 Å². The highest BCUT2D eigenvalue weighted by Gasteiger charge is 2.22. The fourth-order valence-corrected chi connectivity index (χ4v) is 2.84. The summed E-state index contributed by atoms with van der Waals surface area (Å²) in [5.41, 5.74) is 1.42. The summed E-state index contributed by atoms with van der Waals surface area (Å²) >= 11 is 1.54. The maximum Gasteiger partial charge on any atom is 0.252 e. The first-order valence-electron chi connectivity index (χ1n) is 8.03. The van der Waals surface area contributed by atoms with Gasteiger partial charge in [-0.25, -0.2) is 8.78 Å². The highest BCUT2D eigenvalue weighted by Crippen LogP contribution is 2.15. The van der Waals surface area contributed by atoms with E-state index < -0.39 is 23.6 Å². The Bertz CT molecular complexity index is 799. The second-order valence-electron chi connectivity index (χ2n) is 5.74. The van der Waals surface area contributed by atoms with Crippen LogP contribution in [0.4, 0.5) is 14.5 Å². The first-order valence-corrected chi connectivity index (χ1v) is 9.43. The zero-order valence-electron chi connectivity index (χ0n) is 14.5. The number of aryl methyl sites for hydroxylation is 1. The second-order valence-corrected chi connectivity index (χ2v) is 6.73. The van der Waals surface area contributed by atoms with E-state index in [1.54, 1.807) is 23.9 Å². The lowest BCUT2D eigenvalue weighted by molar-refractivity contribution is -0.118. The molecule has 0 fully saturated rings. The minimum atomic E-state index is -1.05. The average molecular weight is 378 g/mol. The lowest BCUT2D eigenvalue weighted by Gasteiger charge is -2.19. The summed E-state index contributed by atoms with van der Waals surface area (Å²) in [7, 11) is 0. The van der Waals surface area contributed by atoms with E-state index in [-0.39, 0.29) is 11.6 Å². The van der Waals surface area contributed by atoms with Crippen molar-refractivity contribution in [2.24, 2.45) is 0 Å². The number of rotatable bonds is 7.